The highest BCUT2D eigenvalue weighted by Crippen LogP contribution is 2.40. The number of fused-ring (bicyclic) bond motifs is 3. The van der Waals surface area contributed by atoms with Gasteiger partial charge in [-0.25, -0.2) is 4.98 Å². The fourth-order valence-corrected chi connectivity index (χ4v) is 4.93. The van der Waals surface area contributed by atoms with Crippen molar-refractivity contribution in [2.75, 3.05) is 23.3 Å². The summed E-state index contributed by atoms with van der Waals surface area (Å²) in [6.45, 7) is 5.49. The van der Waals surface area contributed by atoms with Gasteiger partial charge in [-0.3, -0.25) is 9.89 Å². The molecule has 8 heteroatoms. The van der Waals surface area contributed by atoms with Crippen molar-refractivity contribution in [1.82, 2.24) is 25.1 Å². The van der Waals surface area contributed by atoms with Crippen molar-refractivity contribution in [3.05, 3.63) is 36.0 Å². The number of para-hydroxylation sites is 1. The van der Waals surface area contributed by atoms with E-state index in [1.54, 1.807) is 0 Å². The molecule has 2 atom stereocenters. The molecule has 8 nitrogen and oxygen atoms in total. The van der Waals surface area contributed by atoms with Gasteiger partial charge < -0.3 is 15.1 Å². The van der Waals surface area contributed by atoms with E-state index in [0.717, 1.165) is 48.0 Å². The maximum atomic E-state index is 12.5. The number of hydrogen-bond donors (Lipinski definition) is 2. The number of carbonyl (C=O) groups is 1. The van der Waals surface area contributed by atoms with Crippen LogP contribution in [0.2, 0.25) is 0 Å². The van der Waals surface area contributed by atoms with Gasteiger partial charge in [0, 0.05) is 42.1 Å². The number of piperazine rings is 1. The molecule has 2 aromatic heterocycles. The van der Waals surface area contributed by atoms with Crippen molar-refractivity contribution in [2.24, 2.45) is 5.92 Å². The van der Waals surface area contributed by atoms with Gasteiger partial charge in [-0.2, -0.15) is 10.1 Å². The zero-order valence-corrected chi connectivity index (χ0v) is 17.9. The van der Waals surface area contributed by atoms with Crippen LogP contribution in [0.25, 0.3) is 10.9 Å². The molecule has 1 aromatic carbocycles. The second-order valence-electron chi connectivity index (χ2n) is 9.34. The number of anilines is 3. The van der Waals surface area contributed by atoms with Crippen LogP contribution < -0.4 is 10.2 Å². The van der Waals surface area contributed by atoms with Crippen LogP contribution in [0.5, 0.6) is 0 Å². The van der Waals surface area contributed by atoms with Gasteiger partial charge in [0.1, 0.15) is 5.82 Å². The average Bonchev–Trinajstić information content (AvgIpc) is 3.19. The summed E-state index contributed by atoms with van der Waals surface area (Å²) in [4.78, 5) is 26.6. The zero-order chi connectivity index (χ0) is 21.1. The maximum Gasteiger partial charge on any atom is 0.228 e. The third-order valence-electron chi connectivity index (χ3n) is 6.73. The van der Waals surface area contributed by atoms with Gasteiger partial charge in [0.25, 0.3) is 0 Å². The number of benzene rings is 1. The fraction of sp³-hybridized carbons (Fsp3) is 0.478. The molecule has 3 fully saturated rings. The first-order valence-corrected chi connectivity index (χ1v) is 11.2. The number of rotatable bonds is 5. The van der Waals surface area contributed by atoms with Crippen molar-refractivity contribution >= 4 is 34.4 Å². The van der Waals surface area contributed by atoms with E-state index >= 15 is 0 Å². The van der Waals surface area contributed by atoms with Gasteiger partial charge in [-0.15, -0.1) is 0 Å². The van der Waals surface area contributed by atoms with Crippen molar-refractivity contribution in [1.29, 1.82) is 0 Å². The number of carbonyl (C=O) groups excluding carboxylic acids is 1. The van der Waals surface area contributed by atoms with Gasteiger partial charge in [0.2, 0.25) is 11.9 Å². The fourth-order valence-electron chi connectivity index (χ4n) is 4.93. The summed E-state index contributed by atoms with van der Waals surface area (Å²) in [5, 5.41) is 12.0. The molecule has 2 saturated heterocycles. The molecule has 1 amide bonds. The lowest BCUT2D eigenvalue weighted by molar-refractivity contribution is -0.135. The van der Waals surface area contributed by atoms with E-state index in [4.69, 9.17) is 9.97 Å². The highest BCUT2D eigenvalue weighted by Gasteiger charge is 2.46. The molecule has 6 rings (SSSR count). The predicted octanol–water partition coefficient (Wildman–Crippen LogP) is 3.42. The van der Waals surface area contributed by atoms with Crippen molar-refractivity contribution in [3.63, 3.8) is 0 Å². The lowest BCUT2D eigenvalue weighted by atomic mass is 10.1. The van der Waals surface area contributed by atoms with Gasteiger partial charge in [-0.1, -0.05) is 26.0 Å². The van der Waals surface area contributed by atoms with Crippen LogP contribution in [-0.4, -0.2) is 56.1 Å². The molecule has 31 heavy (non-hydrogen) atoms. The molecule has 1 aliphatic carbocycles. The number of aromatic nitrogens is 4. The lowest BCUT2D eigenvalue weighted by Gasteiger charge is -2.35. The molecule has 2 aliphatic heterocycles. The molecule has 4 heterocycles. The minimum atomic E-state index is 0.0369. The second kappa shape index (κ2) is 6.93. The minimum absolute atomic E-state index is 0.0369. The van der Waals surface area contributed by atoms with E-state index in [9.17, 15) is 4.79 Å². The first kappa shape index (κ1) is 18.6. The number of nitrogens with one attached hydrogen (secondary N) is 2. The Morgan fingerprint density at radius 3 is 2.74 bits per heavy atom. The van der Waals surface area contributed by atoms with E-state index in [0.29, 0.717) is 5.92 Å². The standard InChI is InChI=1S/C23H27N7O/c1-13(2)22(31)29-11-16-9-15(29)12-30(16)23-24-18-6-4-3-5-17(18)21(26-23)25-20-10-19(27-28-20)14-7-8-14/h3-6,10,13-16H,7-9,11-12H2,1-2H3,(H2,24,25,26,27,28). The Hall–Kier alpha value is -3.16. The molecule has 0 radical (unpaired) electrons. The average molecular weight is 418 g/mol. The summed E-state index contributed by atoms with van der Waals surface area (Å²) in [7, 11) is 0. The highest BCUT2D eigenvalue weighted by atomic mass is 16.2. The largest absolute Gasteiger partial charge is 0.336 e. The monoisotopic (exact) mass is 417 g/mol. The van der Waals surface area contributed by atoms with Crippen LogP contribution in [-0.2, 0) is 4.79 Å². The lowest BCUT2D eigenvalue weighted by Crippen LogP contribution is -2.50. The van der Waals surface area contributed by atoms with E-state index in [2.05, 4.69) is 31.4 Å². The van der Waals surface area contributed by atoms with Crippen molar-refractivity contribution < 1.29 is 4.79 Å². The Bertz CT molecular complexity index is 1150. The zero-order valence-electron chi connectivity index (χ0n) is 17.9. The van der Waals surface area contributed by atoms with Crippen LogP contribution in [0.3, 0.4) is 0 Å². The van der Waals surface area contributed by atoms with Crippen molar-refractivity contribution in [3.8, 4) is 0 Å². The highest BCUT2D eigenvalue weighted by molar-refractivity contribution is 5.91. The van der Waals surface area contributed by atoms with Crippen LogP contribution in [0, 0.1) is 5.92 Å². The third-order valence-corrected chi connectivity index (χ3v) is 6.73. The van der Waals surface area contributed by atoms with E-state index in [-0.39, 0.29) is 23.9 Å². The molecule has 3 aromatic rings. The number of nitrogens with zero attached hydrogens (tertiary/aromatic N) is 5. The van der Waals surface area contributed by atoms with Gasteiger partial charge in [0.05, 0.1) is 17.6 Å². The summed E-state index contributed by atoms with van der Waals surface area (Å²) < 4.78 is 0. The first-order valence-electron chi connectivity index (χ1n) is 11.2. The molecule has 160 valence electrons. The smallest absolute Gasteiger partial charge is 0.228 e. The number of hydrogen-bond acceptors (Lipinski definition) is 6. The molecule has 2 N–H and O–H groups in total. The Kier molecular flexibility index (Phi) is 4.16. The van der Waals surface area contributed by atoms with Gasteiger partial charge in [0.15, 0.2) is 5.82 Å². The summed E-state index contributed by atoms with van der Waals surface area (Å²) >= 11 is 0. The summed E-state index contributed by atoms with van der Waals surface area (Å²) in [6, 6.07) is 10.7. The summed E-state index contributed by atoms with van der Waals surface area (Å²) in [5.74, 6) is 3.19. The number of amides is 1. The Labute approximate surface area is 181 Å². The molecule has 3 aliphatic rings. The normalized spacial score (nSPS) is 22.7. The Morgan fingerprint density at radius 1 is 1.16 bits per heavy atom. The molecular formula is C23H27N7O. The number of aromatic amines is 1. The van der Waals surface area contributed by atoms with Crippen LogP contribution in [0.4, 0.5) is 17.6 Å². The van der Waals surface area contributed by atoms with Crippen LogP contribution in [0.15, 0.2) is 30.3 Å². The Morgan fingerprint density at radius 2 is 2.00 bits per heavy atom. The van der Waals surface area contributed by atoms with E-state index < -0.39 is 0 Å². The Balaban J connectivity index is 1.30. The van der Waals surface area contributed by atoms with Gasteiger partial charge in [-0.05, 0) is 31.4 Å². The molecule has 2 unspecified atom stereocenters. The molecule has 0 spiro atoms. The third kappa shape index (κ3) is 3.21. The number of likely N-dealkylation sites (tertiary alicyclic amines) is 1. The van der Waals surface area contributed by atoms with E-state index in [1.807, 2.05) is 38.1 Å². The van der Waals surface area contributed by atoms with Gasteiger partial charge >= 0.3 is 0 Å². The molecule has 1 saturated carbocycles. The van der Waals surface area contributed by atoms with Crippen LogP contribution in [0.1, 0.15) is 44.7 Å². The summed E-state index contributed by atoms with van der Waals surface area (Å²) in [5.41, 5.74) is 2.10. The maximum absolute atomic E-state index is 12.5. The topological polar surface area (TPSA) is 90.0 Å². The minimum Gasteiger partial charge on any atom is -0.336 e. The molecular weight excluding hydrogens is 390 g/mol. The summed E-state index contributed by atoms with van der Waals surface area (Å²) in [6.07, 6.45) is 3.45. The van der Waals surface area contributed by atoms with Crippen LogP contribution >= 0.6 is 0 Å². The quantitative estimate of drug-likeness (QED) is 0.661. The van der Waals surface area contributed by atoms with E-state index in [1.165, 1.54) is 18.5 Å². The van der Waals surface area contributed by atoms with Crippen molar-refractivity contribution in [2.45, 2.75) is 51.1 Å². The predicted molar refractivity (Wildman–Crippen MR) is 119 cm³/mol. The number of H-pyrrole nitrogens is 1. The SMILES string of the molecule is CC(C)C(=O)N1CC2CC1CN2c1nc(Nc2cc(C3CC3)[nH]n2)c2ccccc2n1. The first-order chi connectivity index (χ1) is 15.1. The second-order valence-corrected chi connectivity index (χ2v) is 9.34. The molecule has 2 bridgehead atoms.